The number of hydrogen-bond acceptors (Lipinski definition) is 5. The molecule has 0 saturated heterocycles. The number of hydrogen-bond donors (Lipinski definition) is 2. The average molecular weight is 276 g/mol. The monoisotopic (exact) mass is 276 g/mol. The molecule has 2 heterocycles. The quantitative estimate of drug-likeness (QED) is 0.850. The van der Waals surface area contributed by atoms with E-state index in [2.05, 4.69) is 45.0 Å². The van der Waals surface area contributed by atoms with E-state index in [0.717, 1.165) is 24.5 Å². The van der Waals surface area contributed by atoms with Crippen LogP contribution in [0.2, 0.25) is 0 Å². The smallest absolute Gasteiger partial charge is 0.224 e. The Morgan fingerprint density at radius 2 is 2.21 bits per heavy atom. The van der Waals surface area contributed by atoms with Gasteiger partial charge in [0, 0.05) is 35.6 Å². The van der Waals surface area contributed by atoms with E-state index in [9.17, 15) is 0 Å². The molecule has 0 saturated carbocycles. The van der Waals surface area contributed by atoms with Crippen LogP contribution < -0.4 is 10.6 Å². The highest BCUT2D eigenvalue weighted by Gasteiger charge is 2.07. The summed E-state index contributed by atoms with van der Waals surface area (Å²) < 4.78 is 0. The minimum absolute atomic E-state index is 0.349. The molecule has 0 spiro atoms. The molecule has 2 aromatic heterocycles. The highest BCUT2D eigenvalue weighted by atomic mass is 32.1. The van der Waals surface area contributed by atoms with Gasteiger partial charge in [-0.15, -0.1) is 11.3 Å². The largest absolute Gasteiger partial charge is 0.367 e. The van der Waals surface area contributed by atoms with Gasteiger partial charge >= 0.3 is 0 Å². The average Bonchev–Trinajstić information content (AvgIpc) is 2.81. The van der Waals surface area contributed by atoms with Crippen LogP contribution in [0.25, 0.3) is 0 Å². The molecule has 4 nitrogen and oxygen atoms in total. The Labute approximate surface area is 118 Å². The van der Waals surface area contributed by atoms with Crippen molar-refractivity contribution in [3.63, 3.8) is 0 Å². The van der Waals surface area contributed by atoms with Crippen LogP contribution in [0.5, 0.6) is 0 Å². The molecule has 0 radical (unpaired) electrons. The molecule has 0 fully saturated rings. The lowest BCUT2D eigenvalue weighted by molar-refractivity contribution is 0.793. The van der Waals surface area contributed by atoms with Gasteiger partial charge in [0.1, 0.15) is 5.82 Å². The van der Waals surface area contributed by atoms with Crippen molar-refractivity contribution in [2.24, 2.45) is 0 Å². The maximum Gasteiger partial charge on any atom is 0.224 e. The second-order valence-electron chi connectivity index (χ2n) is 4.58. The highest BCUT2D eigenvalue weighted by Crippen LogP contribution is 2.15. The zero-order chi connectivity index (χ0) is 13.7. The van der Waals surface area contributed by atoms with E-state index in [-0.39, 0.29) is 0 Å². The number of nitrogens with one attached hydrogen (secondary N) is 2. The standard InChI is InChI=1S/C14H20N4S/c1-4-15-14-17-11(3)9-13(18-14)16-10(2)8-12-6-5-7-19-12/h5-7,9-10H,4,8H2,1-3H3,(H2,15,16,17,18). The van der Waals surface area contributed by atoms with Crippen LogP contribution >= 0.6 is 11.3 Å². The van der Waals surface area contributed by atoms with Crippen LogP contribution in [-0.2, 0) is 6.42 Å². The van der Waals surface area contributed by atoms with Gasteiger partial charge in [-0.1, -0.05) is 6.07 Å². The second kappa shape index (κ2) is 6.52. The fourth-order valence-corrected chi connectivity index (χ4v) is 2.75. The third-order valence-corrected chi connectivity index (χ3v) is 3.57. The summed E-state index contributed by atoms with van der Waals surface area (Å²) in [6, 6.07) is 6.58. The summed E-state index contributed by atoms with van der Waals surface area (Å²) in [6.07, 6.45) is 1.01. The Hall–Kier alpha value is -1.62. The van der Waals surface area contributed by atoms with Crippen LogP contribution in [0.3, 0.4) is 0 Å². The third-order valence-electron chi connectivity index (χ3n) is 2.67. The summed E-state index contributed by atoms with van der Waals surface area (Å²) >= 11 is 1.79. The fourth-order valence-electron chi connectivity index (χ4n) is 1.91. The summed E-state index contributed by atoms with van der Waals surface area (Å²) in [5.41, 5.74) is 0.969. The lowest BCUT2D eigenvalue weighted by Crippen LogP contribution is -2.19. The lowest BCUT2D eigenvalue weighted by atomic mass is 10.2. The number of anilines is 2. The van der Waals surface area contributed by atoms with Crippen LogP contribution in [0.4, 0.5) is 11.8 Å². The fraction of sp³-hybridized carbons (Fsp3) is 0.429. The van der Waals surface area contributed by atoms with Crippen molar-refractivity contribution in [3.8, 4) is 0 Å². The van der Waals surface area contributed by atoms with Gasteiger partial charge in [0.25, 0.3) is 0 Å². The zero-order valence-corrected chi connectivity index (χ0v) is 12.4. The molecular formula is C14H20N4S. The van der Waals surface area contributed by atoms with Crippen molar-refractivity contribution in [2.45, 2.75) is 33.2 Å². The van der Waals surface area contributed by atoms with Crippen LogP contribution in [-0.4, -0.2) is 22.6 Å². The molecule has 2 N–H and O–H groups in total. The zero-order valence-electron chi connectivity index (χ0n) is 11.6. The number of aryl methyl sites for hydroxylation is 1. The Kier molecular flexibility index (Phi) is 4.74. The molecule has 0 bridgehead atoms. The van der Waals surface area contributed by atoms with Crippen LogP contribution in [0.1, 0.15) is 24.4 Å². The first-order chi connectivity index (χ1) is 9.17. The summed E-state index contributed by atoms with van der Waals surface area (Å²) in [7, 11) is 0. The van der Waals surface area contributed by atoms with Gasteiger partial charge in [0.2, 0.25) is 5.95 Å². The van der Waals surface area contributed by atoms with E-state index in [1.54, 1.807) is 11.3 Å². The van der Waals surface area contributed by atoms with Crippen molar-refractivity contribution in [3.05, 3.63) is 34.2 Å². The molecule has 102 valence electrons. The van der Waals surface area contributed by atoms with Gasteiger partial charge in [0.05, 0.1) is 0 Å². The summed E-state index contributed by atoms with van der Waals surface area (Å²) in [6.45, 7) is 7.02. The Balaban J connectivity index is 2.01. The Morgan fingerprint density at radius 3 is 2.89 bits per heavy atom. The minimum atomic E-state index is 0.349. The lowest BCUT2D eigenvalue weighted by Gasteiger charge is -2.15. The topological polar surface area (TPSA) is 49.8 Å². The minimum Gasteiger partial charge on any atom is -0.367 e. The SMILES string of the molecule is CCNc1nc(C)cc(NC(C)Cc2cccs2)n1. The summed E-state index contributed by atoms with van der Waals surface area (Å²) in [5.74, 6) is 1.57. The molecule has 0 aromatic carbocycles. The summed E-state index contributed by atoms with van der Waals surface area (Å²) in [5, 5.41) is 8.69. The van der Waals surface area contributed by atoms with Gasteiger partial charge in [-0.2, -0.15) is 4.98 Å². The third kappa shape index (κ3) is 4.21. The van der Waals surface area contributed by atoms with Crippen LogP contribution in [0.15, 0.2) is 23.6 Å². The predicted octanol–water partition coefficient (Wildman–Crippen LogP) is 3.32. The number of nitrogens with zero attached hydrogens (tertiary/aromatic N) is 2. The molecule has 0 aliphatic rings. The molecule has 2 aromatic rings. The molecule has 0 aliphatic carbocycles. The van der Waals surface area contributed by atoms with E-state index >= 15 is 0 Å². The van der Waals surface area contributed by atoms with Gasteiger partial charge < -0.3 is 10.6 Å². The van der Waals surface area contributed by atoms with E-state index in [4.69, 9.17) is 0 Å². The van der Waals surface area contributed by atoms with E-state index < -0.39 is 0 Å². The second-order valence-corrected chi connectivity index (χ2v) is 5.61. The number of aromatic nitrogens is 2. The Morgan fingerprint density at radius 1 is 1.37 bits per heavy atom. The van der Waals surface area contributed by atoms with E-state index in [1.165, 1.54) is 4.88 Å². The van der Waals surface area contributed by atoms with E-state index in [1.807, 2.05) is 19.9 Å². The van der Waals surface area contributed by atoms with Gasteiger partial charge in [-0.05, 0) is 32.2 Å². The first kappa shape index (κ1) is 13.8. The molecule has 19 heavy (non-hydrogen) atoms. The molecule has 0 aliphatic heterocycles. The van der Waals surface area contributed by atoms with Crippen LogP contribution in [0, 0.1) is 6.92 Å². The highest BCUT2D eigenvalue weighted by molar-refractivity contribution is 7.09. The molecule has 0 amide bonds. The Bertz CT molecular complexity index is 510. The van der Waals surface area contributed by atoms with Gasteiger partial charge in [-0.25, -0.2) is 4.98 Å². The molecule has 1 unspecified atom stereocenters. The van der Waals surface area contributed by atoms with Crippen molar-refractivity contribution in [2.75, 3.05) is 17.2 Å². The predicted molar refractivity (Wildman–Crippen MR) is 82.0 cm³/mol. The van der Waals surface area contributed by atoms with Gasteiger partial charge in [0.15, 0.2) is 0 Å². The van der Waals surface area contributed by atoms with Crippen molar-refractivity contribution in [1.29, 1.82) is 0 Å². The van der Waals surface area contributed by atoms with Gasteiger partial charge in [-0.3, -0.25) is 0 Å². The first-order valence-corrected chi connectivity index (χ1v) is 7.44. The number of thiophene rings is 1. The first-order valence-electron chi connectivity index (χ1n) is 6.56. The van der Waals surface area contributed by atoms with Crippen molar-refractivity contribution < 1.29 is 0 Å². The normalized spacial score (nSPS) is 12.2. The number of rotatable bonds is 6. The maximum absolute atomic E-state index is 4.46. The summed E-state index contributed by atoms with van der Waals surface area (Å²) in [4.78, 5) is 10.2. The molecular weight excluding hydrogens is 256 g/mol. The molecule has 2 rings (SSSR count). The van der Waals surface area contributed by atoms with Crippen molar-refractivity contribution >= 4 is 23.1 Å². The van der Waals surface area contributed by atoms with E-state index in [0.29, 0.717) is 12.0 Å². The maximum atomic E-state index is 4.46. The molecule has 5 heteroatoms. The molecule has 1 atom stereocenters. The van der Waals surface area contributed by atoms with Crippen molar-refractivity contribution in [1.82, 2.24) is 9.97 Å².